The highest BCUT2D eigenvalue weighted by molar-refractivity contribution is 6.33. The number of carbonyl (C=O) groups is 1. The van der Waals surface area contributed by atoms with Gasteiger partial charge in [0.05, 0.1) is 30.2 Å². The predicted octanol–water partition coefficient (Wildman–Crippen LogP) is 3.42. The summed E-state index contributed by atoms with van der Waals surface area (Å²) in [5, 5.41) is 3.39. The van der Waals surface area contributed by atoms with E-state index in [0.717, 1.165) is 18.8 Å². The minimum atomic E-state index is -0.239. The van der Waals surface area contributed by atoms with Crippen LogP contribution in [0.1, 0.15) is 5.76 Å². The second-order valence-corrected chi connectivity index (χ2v) is 5.51. The van der Waals surface area contributed by atoms with E-state index in [1.54, 1.807) is 30.5 Å². The van der Waals surface area contributed by atoms with Gasteiger partial charge in [0.15, 0.2) is 0 Å². The van der Waals surface area contributed by atoms with Gasteiger partial charge in [-0.3, -0.25) is 4.79 Å². The van der Waals surface area contributed by atoms with Gasteiger partial charge in [-0.1, -0.05) is 11.6 Å². The number of furan rings is 1. The number of anilines is 2. The van der Waals surface area contributed by atoms with Gasteiger partial charge in [0.2, 0.25) is 5.91 Å². The summed E-state index contributed by atoms with van der Waals surface area (Å²) in [6.45, 7) is 3.04. The third-order valence-corrected chi connectivity index (χ3v) is 3.81. The van der Waals surface area contributed by atoms with Crippen molar-refractivity contribution in [3.05, 3.63) is 53.5 Å². The highest BCUT2D eigenvalue weighted by Crippen LogP contribution is 2.29. The molecule has 1 fully saturated rings. The highest BCUT2D eigenvalue weighted by atomic mass is 35.5. The Kier molecular flexibility index (Phi) is 5.00. The minimum absolute atomic E-state index is 0.239. The molecule has 0 unspecified atom stereocenters. The van der Waals surface area contributed by atoms with Crippen molar-refractivity contribution in [2.45, 2.75) is 0 Å². The molecule has 1 aliphatic rings. The molecule has 1 aliphatic heterocycles. The van der Waals surface area contributed by atoms with E-state index in [4.69, 9.17) is 20.8 Å². The zero-order valence-electron chi connectivity index (χ0n) is 12.5. The lowest BCUT2D eigenvalue weighted by Gasteiger charge is -2.29. The van der Waals surface area contributed by atoms with E-state index in [2.05, 4.69) is 10.2 Å². The predicted molar refractivity (Wildman–Crippen MR) is 90.9 cm³/mol. The lowest BCUT2D eigenvalue weighted by molar-refractivity contribution is -0.111. The van der Waals surface area contributed by atoms with Gasteiger partial charge in [-0.15, -0.1) is 0 Å². The molecule has 0 radical (unpaired) electrons. The van der Waals surface area contributed by atoms with E-state index in [9.17, 15) is 4.79 Å². The summed E-state index contributed by atoms with van der Waals surface area (Å²) in [7, 11) is 0. The second-order valence-electron chi connectivity index (χ2n) is 5.10. The maximum absolute atomic E-state index is 11.9. The van der Waals surface area contributed by atoms with Crippen LogP contribution in [0.3, 0.4) is 0 Å². The van der Waals surface area contributed by atoms with Crippen molar-refractivity contribution in [1.82, 2.24) is 0 Å². The lowest BCUT2D eigenvalue weighted by Crippen LogP contribution is -2.36. The molecule has 0 atom stereocenters. The van der Waals surface area contributed by atoms with Crippen LogP contribution in [0.5, 0.6) is 0 Å². The van der Waals surface area contributed by atoms with E-state index < -0.39 is 0 Å². The summed E-state index contributed by atoms with van der Waals surface area (Å²) in [6.07, 6.45) is 4.59. The smallest absolute Gasteiger partial charge is 0.248 e. The first-order valence-electron chi connectivity index (χ1n) is 7.37. The summed E-state index contributed by atoms with van der Waals surface area (Å²) in [5.74, 6) is 0.387. The zero-order chi connectivity index (χ0) is 16.1. The fraction of sp³-hybridized carbons (Fsp3) is 0.235. The molecule has 2 heterocycles. The number of morpholine rings is 1. The number of benzene rings is 1. The van der Waals surface area contributed by atoms with Gasteiger partial charge < -0.3 is 19.4 Å². The van der Waals surface area contributed by atoms with Crippen LogP contribution in [-0.4, -0.2) is 32.2 Å². The molecule has 1 N–H and O–H groups in total. The summed E-state index contributed by atoms with van der Waals surface area (Å²) >= 11 is 6.34. The first-order valence-corrected chi connectivity index (χ1v) is 7.75. The summed E-state index contributed by atoms with van der Waals surface area (Å²) in [5.41, 5.74) is 1.61. The van der Waals surface area contributed by atoms with Crippen LogP contribution in [0.15, 0.2) is 47.1 Å². The Bertz CT molecular complexity index is 692. The van der Waals surface area contributed by atoms with Crippen molar-refractivity contribution in [2.24, 2.45) is 0 Å². The lowest BCUT2D eigenvalue weighted by atomic mass is 10.2. The molecule has 1 saturated heterocycles. The quantitative estimate of drug-likeness (QED) is 0.872. The van der Waals surface area contributed by atoms with Gasteiger partial charge in [-0.25, -0.2) is 0 Å². The third-order valence-electron chi connectivity index (χ3n) is 3.51. The number of nitrogens with one attached hydrogen (secondary N) is 1. The van der Waals surface area contributed by atoms with E-state index in [0.29, 0.717) is 29.7 Å². The standard InChI is InChI=1S/C17H17ClN2O3/c18-15-12-13(3-5-16(15)20-7-10-22-11-8-20)19-17(21)6-4-14-2-1-9-23-14/h1-6,9,12H,7-8,10-11H2,(H,19,21)/b6-4+. The zero-order valence-corrected chi connectivity index (χ0v) is 13.3. The number of hydrogen-bond acceptors (Lipinski definition) is 4. The molecule has 0 aliphatic carbocycles. The number of rotatable bonds is 4. The minimum Gasteiger partial charge on any atom is -0.465 e. The Hall–Kier alpha value is -2.24. The van der Waals surface area contributed by atoms with Gasteiger partial charge in [-0.05, 0) is 36.4 Å². The van der Waals surface area contributed by atoms with Crippen LogP contribution < -0.4 is 10.2 Å². The van der Waals surface area contributed by atoms with Gasteiger partial charge >= 0.3 is 0 Å². The van der Waals surface area contributed by atoms with E-state index in [-0.39, 0.29) is 5.91 Å². The van der Waals surface area contributed by atoms with Crippen molar-refractivity contribution in [3.8, 4) is 0 Å². The Balaban J connectivity index is 1.64. The SMILES string of the molecule is O=C(/C=C/c1ccco1)Nc1ccc(N2CCOCC2)c(Cl)c1. The van der Waals surface area contributed by atoms with Gasteiger partial charge in [-0.2, -0.15) is 0 Å². The topological polar surface area (TPSA) is 54.7 Å². The van der Waals surface area contributed by atoms with E-state index in [1.165, 1.54) is 6.08 Å². The molecule has 23 heavy (non-hydrogen) atoms. The third kappa shape index (κ3) is 4.15. The average molecular weight is 333 g/mol. The number of carbonyl (C=O) groups excluding carboxylic acids is 1. The van der Waals surface area contributed by atoms with Crippen LogP contribution >= 0.6 is 11.6 Å². The number of halogens is 1. The fourth-order valence-corrected chi connectivity index (χ4v) is 2.67. The second kappa shape index (κ2) is 7.35. The molecule has 2 aromatic rings. The van der Waals surface area contributed by atoms with Crippen LogP contribution in [0.2, 0.25) is 5.02 Å². The molecular weight excluding hydrogens is 316 g/mol. The van der Waals surface area contributed by atoms with Crippen molar-refractivity contribution in [1.29, 1.82) is 0 Å². The Morgan fingerprint density at radius 3 is 2.78 bits per heavy atom. The molecule has 0 spiro atoms. The van der Waals surface area contributed by atoms with E-state index >= 15 is 0 Å². The largest absolute Gasteiger partial charge is 0.465 e. The van der Waals surface area contributed by atoms with Gasteiger partial charge in [0, 0.05) is 24.9 Å². The first-order chi connectivity index (χ1) is 11.2. The van der Waals surface area contributed by atoms with Gasteiger partial charge in [0.1, 0.15) is 5.76 Å². The normalized spacial score (nSPS) is 15.1. The maximum Gasteiger partial charge on any atom is 0.248 e. The summed E-state index contributed by atoms with van der Waals surface area (Å²) in [4.78, 5) is 14.1. The molecule has 0 saturated carbocycles. The molecule has 6 heteroatoms. The van der Waals surface area contributed by atoms with Crippen LogP contribution in [-0.2, 0) is 9.53 Å². The number of ether oxygens (including phenoxy) is 1. The Labute approximate surface area is 139 Å². The van der Waals surface area contributed by atoms with E-state index in [1.807, 2.05) is 12.1 Å². The van der Waals surface area contributed by atoms with Crippen molar-refractivity contribution in [3.63, 3.8) is 0 Å². The number of nitrogens with zero attached hydrogens (tertiary/aromatic N) is 1. The maximum atomic E-state index is 11.9. The molecule has 0 bridgehead atoms. The molecule has 120 valence electrons. The Morgan fingerprint density at radius 1 is 1.26 bits per heavy atom. The molecule has 1 aromatic heterocycles. The average Bonchev–Trinajstić information content (AvgIpc) is 3.07. The monoisotopic (exact) mass is 332 g/mol. The highest BCUT2D eigenvalue weighted by Gasteiger charge is 2.14. The van der Waals surface area contributed by atoms with Crippen molar-refractivity contribution in [2.75, 3.05) is 36.5 Å². The number of hydrogen-bond donors (Lipinski definition) is 1. The summed E-state index contributed by atoms with van der Waals surface area (Å²) < 4.78 is 10.5. The molecule has 1 amide bonds. The fourth-order valence-electron chi connectivity index (χ4n) is 2.37. The first kappa shape index (κ1) is 15.6. The molecular formula is C17H17ClN2O3. The molecule has 1 aromatic carbocycles. The molecule has 3 rings (SSSR count). The van der Waals surface area contributed by atoms with Crippen molar-refractivity contribution < 1.29 is 13.9 Å². The molecule has 5 nitrogen and oxygen atoms in total. The van der Waals surface area contributed by atoms with Crippen LogP contribution in [0, 0.1) is 0 Å². The number of amides is 1. The van der Waals surface area contributed by atoms with Crippen LogP contribution in [0.4, 0.5) is 11.4 Å². The van der Waals surface area contributed by atoms with Gasteiger partial charge in [0.25, 0.3) is 0 Å². The Morgan fingerprint density at radius 2 is 2.09 bits per heavy atom. The summed E-state index contributed by atoms with van der Waals surface area (Å²) in [6, 6.07) is 9.05. The van der Waals surface area contributed by atoms with Crippen molar-refractivity contribution >= 4 is 35.0 Å². The van der Waals surface area contributed by atoms with Crippen LogP contribution in [0.25, 0.3) is 6.08 Å².